The predicted molar refractivity (Wildman–Crippen MR) is 63.4 cm³/mol. The second-order valence-corrected chi connectivity index (χ2v) is 6.80. The molecular weight excluding hydrogens is 264 g/mol. The van der Waals surface area contributed by atoms with Gasteiger partial charge in [0.25, 0.3) is 0 Å². The fraction of sp³-hybridized carbons (Fsp3) is 0.889. The maximum atomic E-state index is 11.9. The van der Waals surface area contributed by atoms with Crippen molar-refractivity contribution < 1.29 is 23.0 Å². The van der Waals surface area contributed by atoms with Crippen molar-refractivity contribution in [1.82, 2.24) is 4.31 Å². The number of nitrogens with two attached hydrogens (primary N) is 1. The van der Waals surface area contributed by atoms with E-state index < -0.39 is 22.2 Å². The molecule has 1 fully saturated rings. The Hall–Kier alpha value is -0.310. The van der Waals surface area contributed by atoms with Crippen LogP contribution in [0.15, 0.2) is 0 Å². The topological polar surface area (TPSA) is 94.1 Å². The number of quaternary nitrogens is 1. The fourth-order valence-corrected chi connectivity index (χ4v) is 3.81. The number of rotatable bonds is 7. The number of carboxylic acids is 1. The first-order chi connectivity index (χ1) is 7.97. The molecule has 0 aromatic heterocycles. The van der Waals surface area contributed by atoms with E-state index in [2.05, 4.69) is 0 Å². The van der Waals surface area contributed by atoms with E-state index in [4.69, 9.17) is 0 Å². The van der Waals surface area contributed by atoms with Crippen molar-refractivity contribution in [1.29, 1.82) is 0 Å². The Bertz CT molecular complexity index is 352. The van der Waals surface area contributed by atoms with Gasteiger partial charge in [0.05, 0.1) is 0 Å². The van der Waals surface area contributed by atoms with Crippen LogP contribution in [0.2, 0.25) is 0 Å². The zero-order chi connectivity index (χ0) is 12.9. The minimum atomic E-state index is -3.56. The predicted octanol–water partition coefficient (Wildman–Crippen LogP) is -2.24. The molecular formula is C9H18N2O4S2. The Morgan fingerprint density at radius 1 is 1.47 bits per heavy atom. The summed E-state index contributed by atoms with van der Waals surface area (Å²) in [4.78, 5) is 10.9. The van der Waals surface area contributed by atoms with Crippen LogP contribution in [-0.2, 0) is 15.0 Å². The van der Waals surface area contributed by atoms with Crippen LogP contribution in [0.3, 0.4) is 0 Å². The summed E-state index contributed by atoms with van der Waals surface area (Å²) in [6.45, 7) is 0.974. The fourth-order valence-electron chi connectivity index (χ4n) is 1.72. The van der Waals surface area contributed by atoms with Crippen LogP contribution in [-0.4, -0.2) is 49.8 Å². The number of thioether (sulfide) groups is 1. The number of nitrogens with zero attached hydrogens (tertiary/aromatic N) is 1. The SMILES string of the molecule is CSCC[C@H]([NH2+]S(=O)(=O)N1CCCC1)C(=O)[O-]. The Morgan fingerprint density at radius 3 is 2.53 bits per heavy atom. The molecule has 17 heavy (non-hydrogen) atoms. The summed E-state index contributed by atoms with van der Waals surface area (Å²) in [7, 11) is -3.56. The Labute approximate surface area is 106 Å². The lowest BCUT2D eigenvalue weighted by molar-refractivity contribution is -0.544. The number of hydrogen-bond donors (Lipinski definition) is 1. The number of carboxylic acid groups (broad SMARTS) is 1. The van der Waals surface area contributed by atoms with E-state index in [-0.39, 0.29) is 6.42 Å². The van der Waals surface area contributed by atoms with E-state index in [9.17, 15) is 18.3 Å². The molecule has 0 aliphatic carbocycles. The summed E-state index contributed by atoms with van der Waals surface area (Å²) < 4.78 is 26.0. The summed E-state index contributed by atoms with van der Waals surface area (Å²) in [6, 6.07) is -1.02. The number of hydrogen-bond acceptors (Lipinski definition) is 5. The van der Waals surface area contributed by atoms with Gasteiger partial charge in [0.15, 0.2) is 0 Å². The van der Waals surface area contributed by atoms with Crippen LogP contribution in [0.4, 0.5) is 0 Å². The molecule has 100 valence electrons. The van der Waals surface area contributed by atoms with E-state index in [0.717, 1.165) is 17.6 Å². The molecule has 0 radical (unpaired) electrons. The molecule has 0 aromatic carbocycles. The average molecular weight is 282 g/mol. The molecule has 1 rings (SSSR count). The molecule has 2 N–H and O–H groups in total. The maximum Gasteiger partial charge on any atom is 0.369 e. The van der Waals surface area contributed by atoms with E-state index >= 15 is 0 Å². The van der Waals surface area contributed by atoms with Crippen molar-refractivity contribution >= 4 is 27.9 Å². The van der Waals surface area contributed by atoms with Crippen molar-refractivity contribution in [3.05, 3.63) is 0 Å². The van der Waals surface area contributed by atoms with Gasteiger partial charge in [-0.2, -0.15) is 24.5 Å². The van der Waals surface area contributed by atoms with Crippen molar-refractivity contribution in [3.63, 3.8) is 0 Å². The summed E-state index contributed by atoms with van der Waals surface area (Å²) in [5.74, 6) is -0.716. The number of aliphatic carboxylic acids is 1. The Balaban J connectivity index is 2.61. The van der Waals surface area contributed by atoms with Gasteiger partial charge in [0.1, 0.15) is 12.0 Å². The molecule has 0 aromatic rings. The maximum absolute atomic E-state index is 11.9. The quantitative estimate of drug-likeness (QED) is 0.570. The highest BCUT2D eigenvalue weighted by Gasteiger charge is 2.31. The van der Waals surface area contributed by atoms with Crippen LogP contribution >= 0.6 is 11.8 Å². The zero-order valence-corrected chi connectivity index (χ0v) is 11.4. The Morgan fingerprint density at radius 2 is 2.06 bits per heavy atom. The van der Waals surface area contributed by atoms with Crippen LogP contribution in [0.1, 0.15) is 19.3 Å². The molecule has 0 amide bonds. The normalized spacial score (nSPS) is 19.4. The average Bonchev–Trinajstić information content (AvgIpc) is 2.77. The van der Waals surface area contributed by atoms with Gasteiger partial charge in [-0.1, -0.05) is 0 Å². The molecule has 1 heterocycles. The summed E-state index contributed by atoms with van der Waals surface area (Å²) in [5, 5.41) is 10.9. The summed E-state index contributed by atoms with van der Waals surface area (Å²) in [5.41, 5.74) is 0. The van der Waals surface area contributed by atoms with E-state index in [1.807, 2.05) is 6.26 Å². The molecule has 1 atom stereocenters. The van der Waals surface area contributed by atoms with Crippen LogP contribution < -0.4 is 9.83 Å². The molecule has 8 heteroatoms. The number of carbonyl (C=O) groups excluding carboxylic acids is 1. The smallest absolute Gasteiger partial charge is 0.369 e. The van der Waals surface area contributed by atoms with E-state index in [1.165, 1.54) is 16.1 Å². The first-order valence-electron chi connectivity index (χ1n) is 5.52. The highest BCUT2D eigenvalue weighted by Crippen LogP contribution is 2.09. The molecule has 0 spiro atoms. The van der Waals surface area contributed by atoms with Crippen LogP contribution in [0, 0.1) is 0 Å². The largest absolute Gasteiger partial charge is 0.544 e. The monoisotopic (exact) mass is 282 g/mol. The third kappa shape index (κ3) is 4.46. The summed E-state index contributed by atoms with van der Waals surface area (Å²) >= 11 is 1.49. The zero-order valence-electron chi connectivity index (χ0n) is 9.79. The standard InChI is InChI=1S/C9H18N2O4S2/c1-16-7-4-8(9(12)13)10-17(14,15)11-5-2-3-6-11/h8,10H,2-7H2,1H3,(H,12,13)/t8-/m0/s1. The van der Waals surface area contributed by atoms with Crippen molar-refractivity contribution in [3.8, 4) is 0 Å². The van der Waals surface area contributed by atoms with Crippen LogP contribution in [0.5, 0.6) is 0 Å². The van der Waals surface area contributed by atoms with Gasteiger partial charge in [-0.25, -0.2) is 4.72 Å². The lowest BCUT2D eigenvalue weighted by Crippen LogP contribution is -2.97. The van der Waals surface area contributed by atoms with Crippen molar-refractivity contribution in [2.75, 3.05) is 25.1 Å². The summed E-state index contributed by atoms with van der Waals surface area (Å²) in [6.07, 6.45) is 3.82. The molecule has 1 aliphatic rings. The molecule has 0 saturated carbocycles. The minimum absolute atomic E-state index is 0.288. The molecule has 1 aliphatic heterocycles. The lowest BCUT2D eigenvalue weighted by Gasteiger charge is -2.19. The van der Waals surface area contributed by atoms with E-state index in [0.29, 0.717) is 18.8 Å². The van der Waals surface area contributed by atoms with Gasteiger partial charge >= 0.3 is 10.2 Å². The molecule has 0 bridgehead atoms. The lowest BCUT2D eigenvalue weighted by atomic mass is 10.2. The Kier molecular flexibility index (Phi) is 5.71. The van der Waals surface area contributed by atoms with Gasteiger partial charge < -0.3 is 9.90 Å². The van der Waals surface area contributed by atoms with Crippen molar-refractivity contribution in [2.24, 2.45) is 0 Å². The number of carbonyl (C=O) groups is 1. The van der Waals surface area contributed by atoms with Gasteiger partial charge in [-0.05, 0) is 24.9 Å². The second-order valence-electron chi connectivity index (χ2n) is 3.99. The highest BCUT2D eigenvalue weighted by molar-refractivity contribution is 7.98. The molecule has 1 saturated heterocycles. The van der Waals surface area contributed by atoms with Crippen molar-refractivity contribution in [2.45, 2.75) is 25.3 Å². The van der Waals surface area contributed by atoms with Gasteiger partial charge in [-0.15, -0.1) is 0 Å². The first kappa shape index (κ1) is 14.7. The third-order valence-electron chi connectivity index (χ3n) is 2.70. The third-order valence-corrected chi connectivity index (χ3v) is 5.10. The minimum Gasteiger partial charge on any atom is -0.544 e. The highest BCUT2D eigenvalue weighted by atomic mass is 32.2. The van der Waals surface area contributed by atoms with Crippen LogP contribution in [0.25, 0.3) is 0 Å². The molecule has 6 nitrogen and oxygen atoms in total. The first-order valence-corrected chi connectivity index (χ1v) is 8.42. The second kappa shape index (κ2) is 6.58. The molecule has 0 unspecified atom stereocenters. The van der Waals surface area contributed by atoms with E-state index in [1.54, 1.807) is 0 Å². The van der Waals surface area contributed by atoms with Gasteiger partial charge in [-0.3, -0.25) is 0 Å². The van der Waals surface area contributed by atoms with Gasteiger partial charge in [0.2, 0.25) is 0 Å². The van der Waals surface area contributed by atoms with Gasteiger partial charge in [0, 0.05) is 19.5 Å².